The fourth-order valence-corrected chi connectivity index (χ4v) is 1.78. The first-order valence-corrected chi connectivity index (χ1v) is 6.51. The van der Waals surface area contributed by atoms with Crippen molar-refractivity contribution in [3.63, 3.8) is 0 Å². The number of anilines is 2. The van der Waals surface area contributed by atoms with Gasteiger partial charge >= 0.3 is 11.8 Å². The molecule has 2 amide bonds. The minimum atomic E-state index is -2.56. The zero-order chi connectivity index (χ0) is 16.1. The average molecular weight is 329 g/mol. The van der Waals surface area contributed by atoms with Gasteiger partial charge in [-0.2, -0.15) is 5.10 Å². The number of carbonyl (C=O) groups is 2. The molecule has 6 nitrogen and oxygen atoms in total. The van der Waals surface area contributed by atoms with Crippen LogP contribution in [-0.4, -0.2) is 28.0 Å². The molecular weight excluding hydrogens is 318 g/mol. The fraction of sp³-hybridized carbons (Fsp3) is 0.154. The van der Waals surface area contributed by atoms with Crippen LogP contribution in [0.3, 0.4) is 0 Å². The Morgan fingerprint density at radius 3 is 2.59 bits per heavy atom. The van der Waals surface area contributed by atoms with Gasteiger partial charge in [0.2, 0.25) is 0 Å². The number of carbonyl (C=O) groups excluding carboxylic acids is 2. The van der Waals surface area contributed by atoms with Crippen LogP contribution in [0.15, 0.2) is 36.7 Å². The molecule has 0 bridgehead atoms. The number of hydrogen-bond acceptors (Lipinski definition) is 3. The Balaban J connectivity index is 1.95. The number of para-hydroxylation sites is 1. The lowest BCUT2D eigenvalue weighted by atomic mass is 10.3. The van der Waals surface area contributed by atoms with Crippen LogP contribution in [0.2, 0.25) is 5.02 Å². The van der Waals surface area contributed by atoms with Crippen molar-refractivity contribution in [1.82, 2.24) is 9.78 Å². The Hall–Kier alpha value is -2.48. The van der Waals surface area contributed by atoms with Gasteiger partial charge in [-0.15, -0.1) is 0 Å². The topological polar surface area (TPSA) is 76.0 Å². The molecule has 2 N–H and O–H groups in total. The number of aromatic nitrogens is 2. The van der Waals surface area contributed by atoms with Gasteiger partial charge in [0.15, 0.2) is 0 Å². The fourth-order valence-electron chi connectivity index (χ4n) is 1.60. The highest BCUT2D eigenvalue weighted by molar-refractivity contribution is 6.44. The number of benzene rings is 1. The maximum atomic E-state index is 12.2. The van der Waals surface area contributed by atoms with E-state index in [4.69, 9.17) is 11.6 Å². The van der Waals surface area contributed by atoms with Crippen LogP contribution < -0.4 is 10.6 Å². The summed E-state index contributed by atoms with van der Waals surface area (Å²) in [5.41, 5.74) is 0.428. The highest BCUT2D eigenvalue weighted by Gasteiger charge is 2.16. The smallest absolute Gasteiger partial charge is 0.314 e. The van der Waals surface area contributed by atoms with E-state index in [1.807, 2.05) is 0 Å². The van der Waals surface area contributed by atoms with Crippen molar-refractivity contribution in [3.8, 4) is 0 Å². The van der Waals surface area contributed by atoms with Crippen LogP contribution in [0.1, 0.15) is 0 Å². The molecule has 0 aliphatic carbocycles. The molecular formula is C13H11ClF2N4O2. The van der Waals surface area contributed by atoms with Gasteiger partial charge in [0, 0.05) is 6.20 Å². The van der Waals surface area contributed by atoms with Crippen molar-refractivity contribution in [2.75, 3.05) is 10.6 Å². The second-order valence-electron chi connectivity index (χ2n) is 4.23. The molecule has 0 aliphatic heterocycles. The largest absolute Gasteiger partial charge is 0.316 e. The van der Waals surface area contributed by atoms with E-state index in [0.717, 1.165) is 4.68 Å². The summed E-state index contributed by atoms with van der Waals surface area (Å²) < 4.78 is 25.3. The number of nitrogens with zero attached hydrogens (tertiary/aromatic N) is 2. The van der Waals surface area contributed by atoms with Gasteiger partial charge in [-0.25, -0.2) is 8.78 Å². The Morgan fingerprint density at radius 2 is 1.91 bits per heavy atom. The summed E-state index contributed by atoms with van der Waals surface area (Å²) in [5.74, 6) is -1.90. The van der Waals surface area contributed by atoms with Crippen LogP contribution in [0.4, 0.5) is 20.2 Å². The zero-order valence-corrected chi connectivity index (χ0v) is 11.8. The maximum Gasteiger partial charge on any atom is 0.314 e. The Morgan fingerprint density at radius 1 is 1.23 bits per heavy atom. The second kappa shape index (κ2) is 6.99. The summed E-state index contributed by atoms with van der Waals surface area (Å²) >= 11 is 5.85. The molecule has 1 aromatic heterocycles. The lowest BCUT2D eigenvalue weighted by Crippen LogP contribution is -2.29. The van der Waals surface area contributed by atoms with Crippen LogP contribution >= 0.6 is 11.6 Å². The number of nitrogens with one attached hydrogen (secondary N) is 2. The summed E-state index contributed by atoms with van der Waals surface area (Å²) in [7, 11) is 0. The SMILES string of the molecule is O=C(Nc1cnn(CC(F)F)c1)C(=O)Nc1ccccc1Cl. The molecule has 116 valence electrons. The van der Waals surface area contributed by atoms with Crippen molar-refractivity contribution in [1.29, 1.82) is 0 Å². The third-order valence-corrected chi connectivity index (χ3v) is 2.87. The van der Waals surface area contributed by atoms with Crippen molar-refractivity contribution in [3.05, 3.63) is 41.7 Å². The quantitative estimate of drug-likeness (QED) is 0.846. The van der Waals surface area contributed by atoms with Crippen molar-refractivity contribution < 1.29 is 18.4 Å². The van der Waals surface area contributed by atoms with Crippen molar-refractivity contribution >= 4 is 34.8 Å². The lowest BCUT2D eigenvalue weighted by molar-refractivity contribution is -0.132. The predicted octanol–water partition coefficient (Wildman–Crippen LogP) is 2.38. The predicted molar refractivity (Wildman–Crippen MR) is 76.9 cm³/mol. The molecule has 0 fully saturated rings. The first-order valence-electron chi connectivity index (χ1n) is 6.13. The number of amides is 2. The molecule has 2 aromatic rings. The summed E-state index contributed by atoms with van der Waals surface area (Å²) in [6.07, 6.45) is -0.192. The van der Waals surface area contributed by atoms with E-state index >= 15 is 0 Å². The number of alkyl halides is 2. The van der Waals surface area contributed by atoms with Gasteiger partial charge in [-0.05, 0) is 12.1 Å². The van der Waals surface area contributed by atoms with Gasteiger partial charge < -0.3 is 10.6 Å². The van der Waals surface area contributed by atoms with E-state index in [1.165, 1.54) is 18.5 Å². The molecule has 0 radical (unpaired) electrons. The first kappa shape index (κ1) is 15.9. The molecule has 2 rings (SSSR count). The zero-order valence-electron chi connectivity index (χ0n) is 11.1. The van der Waals surface area contributed by atoms with Crippen LogP contribution in [0.25, 0.3) is 0 Å². The molecule has 0 spiro atoms. The monoisotopic (exact) mass is 328 g/mol. The average Bonchev–Trinajstić information content (AvgIpc) is 2.87. The maximum absolute atomic E-state index is 12.2. The van der Waals surface area contributed by atoms with Crippen LogP contribution in [-0.2, 0) is 16.1 Å². The second-order valence-corrected chi connectivity index (χ2v) is 4.64. The highest BCUT2D eigenvalue weighted by atomic mass is 35.5. The lowest BCUT2D eigenvalue weighted by Gasteiger charge is -2.06. The standard InChI is InChI=1S/C13H11ClF2N4O2/c14-9-3-1-2-4-10(9)19-13(22)12(21)18-8-5-17-20(6-8)7-11(15)16/h1-6,11H,7H2,(H,18,21)(H,19,22). The minimum Gasteiger partial charge on any atom is -0.316 e. The Bertz CT molecular complexity index is 690. The Kier molecular flexibility index (Phi) is 5.05. The summed E-state index contributed by atoms with van der Waals surface area (Å²) in [4.78, 5) is 23.4. The van der Waals surface area contributed by atoms with E-state index in [2.05, 4.69) is 15.7 Å². The minimum absolute atomic E-state index is 0.139. The van der Waals surface area contributed by atoms with E-state index in [9.17, 15) is 18.4 Å². The van der Waals surface area contributed by atoms with Gasteiger partial charge in [-0.3, -0.25) is 14.3 Å². The number of rotatable bonds is 4. The third kappa shape index (κ3) is 4.26. The normalized spacial score (nSPS) is 10.5. The molecule has 0 saturated carbocycles. The van der Waals surface area contributed by atoms with Gasteiger partial charge in [0.1, 0.15) is 6.54 Å². The van der Waals surface area contributed by atoms with E-state index in [0.29, 0.717) is 0 Å². The van der Waals surface area contributed by atoms with E-state index in [-0.39, 0.29) is 16.4 Å². The van der Waals surface area contributed by atoms with Crippen molar-refractivity contribution in [2.45, 2.75) is 13.0 Å². The van der Waals surface area contributed by atoms with Gasteiger partial charge in [0.05, 0.1) is 22.6 Å². The molecule has 0 saturated heterocycles. The number of halogens is 3. The summed E-state index contributed by atoms with van der Waals surface area (Å²) in [5, 5.41) is 8.51. The molecule has 1 heterocycles. The van der Waals surface area contributed by atoms with Gasteiger partial charge in [0.25, 0.3) is 6.43 Å². The third-order valence-electron chi connectivity index (χ3n) is 2.54. The van der Waals surface area contributed by atoms with Crippen molar-refractivity contribution in [2.24, 2.45) is 0 Å². The molecule has 0 aliphatic rings. The summed E-state index contributed by atoms with van der Waals surface area (Å²) in [6.45, 7) is -0.596. The van der Waals surface area contributed by atoms with Gasteiger partial charge in [-0.1, -0.05) is 23.7 Å². The highest BCUT2D eigenvalue weighted by Crippen LogP contribution is 2.20. The van der Waals surface area contributed by atoms with Crippen LogP contribution in [0, 0.1) is 0 Å². The molecule has 1 aromatic carbocycles. The molecule has 22 heavy (non-hydrogen) atoms. The molecule has 9 heteroatoms. The van der Waals surface area contributed by atoms with E-state index < -0.39 is 24.8 Å². The first-order chi connectivity index (χ1) is 10.5. The summed E-state index contributed by atoms with van der Waals surface area (Å²) in [6, 6.07) is 6.42. The number of hydrogen-bond donors (Lipinski definition) is 2. The van der Waals surface area contributed by atoms with Crippen LogP contribution in [0.5, 0.6) is 0 Å². The molecule has 0 atom stereocenters. The molecule has 0 unspecified atom stereocenters. The Labute approximate surface area is 129 Å². The van der Waals surface area contributed by atoms with E-state index in [1.54, 1.807) is 18.2 Å².